The summed E-state index contributed by atoms with van der Waals surface area (Å²) in [5, 5.41) is 6.74. The van der Waals surface area contributed by atoms with Gasteiger partial charge in [-0.05, 0) is 0 Å². The van der Waals surface area contributed by atoms with E-state index in [9.17, 15) is 8.53 Å². The fourth-order valence-electron chi connectivity index (χ4n) is 0.176. The summed E-state index contributed by atoms with van der Waals surface area (Å²) >= 11 is -4.86. The van der Waals surface area contributed by atoms with Crippen LogP contribution < -0.4 is 0 Å². The quantitative estimate of drug-likeness (QED) is 0.487. The first-order valence-electron chi connectivity index (χ1n) is 1.68. The van der Waals surface area contributed by atoms with Crippen LogP contribution >= 0.6 is 0 Å². The van der Waals surface area contributed by atoms with E-state index in [2.05, 4.69) is 0 Å². The van der Waals surface area contributed by atoms with Crippen LogP contribution in [0.5, 0.6) is 0 Å². The summed E-state index contributed by atoms with van der Waals surface area (Å²) in [7, 11) is 0. The van der Waals surface area contributed by atoms with Crippen LogP contribution in [-0.4, -0.2) is 33.4 Å². The average Bonchev–Trinajstić information content (AvgIpc) is 1.21. The van der Waals surface area contributed by atoms with Crippen LogP contribution in [0.15, 0.2) is 0 Å². The first-order valence-corrected chi connectivity index (χ1v) is 5.45. The van der Waals surface area contributed by atoms with Crippen molar-refractivity contribution >= 4 is 20.1 Å². The minimum absolute atomic E-state index is 0. The largest absolute Gasteiger partial charge is 1.00 e. The Balaban J connectivity index is -0.000000245. The molecule has 5 nitrogen and oxygen atoms in total. The second-order valence-electron chi connectivity index (χ2n) is 1.22. The molecule has 0 radical (unpaired) electrons. The van der Waals surface area contributed by atoms with Gasteiger partial charge in [-0.2, -0.15) is 0 Å². The Morgan fingerprint density at radius 1 is 1.30 bits per heavy atom. The summed E-state index contributed by atoms with van der Waals surface area (Å²) in [5.74, 6) is -1.46. The molecule has 0 atom stereocenters. The van der Waals surface area contributed by atoms with Gasteiger partial charge < -0.3 is 0 Å². The molecule has 0 saturated heterocycles. The molecule has 0 heterocycles. The zero-order valence-corrected chi connectivity index (χ0v) is 9.26. The molecule has 0 saturated carbocycles. The summed E-state index contributed by atoms with van der Waals surface area (Å²) in [6, 6.07) is 0. The fraction of sp³-hybridized carbons (Fsp3) is 0.500. The van der Waals surface area contributed by atoms with Crippen molar-refractivity contribution in [2.45, 2.75) is 5.21 Å². The SMILES string of the molecule is O=C(O)C[As](=O)(O)O.[Ag+].[Ag+]. The van der Waals surface area contributed by atoms with Gasteiger partial charge in [0.25, 0.3) is 0 Å². The molecule has 0 unspecified atom stereocenters. The van der Waals surface area contributed by atoms with E-state index in [0.717, 1.165) is 0 Å². The minimum atomic E-state index is -4.86. The molecule has 0 rings (SSSR count). The van der Waals surface area contributed by atoms with Gasteiger partial charge in [0.1, 0.15) is 0 Å². The molecule has 0 amide bonds. The third kappa shape index (κ3) is 16.1. The summed E-state index contributed by atoms with van der Waals surface area (Å²) < 4.78 is 25.8. The molecule has 10 heavy (non-hydrogen) atoms. The molecule has 0 aromatic heterocycles. The van der Waals surface area contributed by atoms with Gasteiger partial charge in [0.05, 0.1) is 0 Å². The Bertz CT molecular complexity index is 141. The van der Waals surface area contributed by atoms with E-state index in [1.54, 1.807) is 0 Å². The summed E-state index contributed by atoms with van der Waals surface area (Å²) in [6.45, 7) is 0. The smallest absolute Gasteiger partial charge is 1.00 e. The maximum atomic E-state index is 9.82. The van der Waals surface area contributed by atoms with Crippen LogP contribution in [0.2, 0.25) is 5.21 Å². The van der Waals surface area contributed by atoms with Crippen LogP contribution in [0.25, 0.3) is 0 Å². The van der Waals surface area contributed by atoms with Crippen molar-refractivity contribution in [3.63, 3.8) is 0 Å². The van der Waals surface area contributed by atoms with Crippen molar-refractivity contribution in [3.05, 3.63) is 0 Å². The van der Waals surface area contributed by atoms with Gasteiger partial charge >= 0.3 is 91.9 Å². The molecule has 0 aromatic rings. The van der Waals surface area contributed by atoms with Crippen molar-refractivity contribution < 1.29 is 66.6 Å². The van der Waals surface area contributed by atoms with Crippen molar-refractivity contribution in [3.8, 4) is 0 Å². The standard InChI is InChI=1S/C2H5AsO5.2Ag/c4-2(5)1-3(6,7)8;;/h1H2,(H,4,5)(H2,6,7,8);;/q;2*+1. The monoisotopic (exact) mass is 398 g/mol. The predicted octanol–water partition coefficient (Wildman–Crippen LogP) is -1.58. The molecular weight excluding hydrogens is 395 g/mol. The van der Waals surface area contributed by atoms with Gasteiger partial charge in [-0.25, -0.2) is 0 Å². The number of carbonyl (C=O) groups is 1. The van der Waals surface area contributed by atoms with E-state index >= 15 is 0 Å². The van der Waals surface area contributed by atoms with Crippen LogP contribution in [0.3, 0.4) is 0 Å². The predicted molar refractivity (Wildman–Crippen MR) is 23.3 cm³/mol. The average molecular weight is 400 g/mol. The van der Waals surface area contributed by atoms with Gasteiger partial charge in [-0.15, -0.1) is 0 Å². The summed E-state index contributed by atoms with van der Waals surface area (Å²) in [6.07, 6.45) is 0. The molecular formula is C2H5Ag2AsO5+2. The van der Waals surface area contributed by atoms with E-state index in [0.29, 0.717) is 0 Å². The maximum Gasteiger partial charge on any atom is 1.00 e. The molecule has 0 aliphatic heterocycles. The molecule has 0 aromatic carbocycles. The third-order valence-electron chi connectivity index (χ3n) is 0.341. The topological polar surface area (TPSA) is 94.8 Å². The van der Waals surface area contributed by atoms with Gasteiger partial charge in [-0.1, -0.05) is 0 Å². The van der Waals surface area contributed by atoms with Crippen LogP contribution in [0.1, 0.15) is 0 Å². The van der Waals surface area contributed by atoms with Crippen molar-refractivity contribution in [1.82, 2.24) is 0 Å². The molecule has 68 valence electrons. The molecule has 0 bridgehead atoms. The molecule has 8 heteroatoms. The van der Waals surface area contributed by atoms with Gasteiger partial charge in [0, 0.05) is 0 Å². The minimum Gasteiger partial charge on any atom is 1.00 e. The van der Waals surface area contributed by atoms with Crippen molar-refractivity contribution in [2.24, 2.45) is 0 Å². The second-order valence-corrected chi connectivity index (χ2v) is 4.67. The number of carboxylic acid groups (broad SMARTS) is 1. The number of hydrogen-bond acceptors (Lipinski definition) is 2. The van der Waals surface area contributed by atoms with Crippen LogP contribution in [0.4, 0.5) is 0 Å². The first kappa shape index (κ1) is 17.4. The molecule has 0 aliphatic rings. The van der Waals surface area contributed by atoms with E-state index in [-0.39, 0.29) is 44.8 Å². The molecule has 3 N–H and O–H groups in total. The van der Waals surface area contributed by atoms with E-state index in [1.807, 2.05) is 0 Å². The Morgan fingerprint density at radius 2 is 1.60 bits per heavy atom. The van der Waals surface area contributed by atoms with Gasteiger partial charge in [0.15, 0.2) is 0 Å². The number of aliphatic carboxylic acids is 1. The number of carboxylic acids is 1. The fourth-order valence-corrected chi connectivity index (χ4v) is 0.916. The van der Waals surface area contributed by atoms with Crippen LogP contribution in [-0.2, 0) is 53.3 Å². The molecule has 0 aliphatic carbocycles. The Kier molecular flexibility index (Phi) is 12.0. The van der Waals surface area contributed by atoms with E-state index in [4.69, 9.17) is 13.3 Å². The number of hydrogen-bond donors (Lipinski definition) is 3. The summed E-state index contributed by atoms with van der Waals surface area (Å²) in [5.41, 5.74) is 0. The normalized spacial score (nSPS) is 9.00. The van der Waals surface area contributed by atoms with Crippen molar-refractivity contribution in [2.75, 3.05) is 0 Å². The van der Waals surface area contributed by atoms with Gasteiger partial charge in [-0.3, -0.25) is 0 Å². The van der Waals surface area contributed by atoms with E-state index < -0.39 is 25.4 Å². The third-order valence-corrected chi connectivity index (χ3v) is 1.77. The first-order chi connectivity index (χ1) is 3.42. The second kappa shape index (κ2) is 6.91. The Hall–Kier alpha value is 1.23. The zero-order chi connectivity index (χ0) is 6.78. The Labute approximate surface area is 91.2 Å². The van der Waals surface area contributed by atoms with Gasteiger partial charge in [0.2, 0.25) is 0 Å². The molecule has 0 fully saturated rings. The Morgan fingerprint density at radius 3 is 1.60 bits per heavy atom. The van der Waals surface area contributed by atoms with E-state index in [1.165, 1.54) is 0 Å². The number of rotatable bonds is 2. The maximum absolute atomic E-state index is 9.82. The summed E-state index contributed by atoms with van der Waals surface area (Å²) in [4.78, 5) is 9.54. The van der Waals surface area contributed by atoms with Crippen LogP contribution in [0, 0.1) is 0 Å². The van der Waals surface area contributed by atoms with Crippen molar-refractivity contribution in [1.29, 1.82) is 0 Å². The zero-order valence-electron chi connectivity index (χ0n) is 4.42. The molecule has 0 spiro atoms.